The van der Waals surface area contributed by atoms with E-state index in [1.807, 2.05) is 0 Å². The predicted octanol–water partition coefficient (Wildman–Crippen LogP) is -0.157. The van der Waals surface area contributed by atoms with E-state index in [9.17, 15) is 23.4 Å². The van der Waals surface area contributed by atoms with Crippen LogP contribution in [0, 0.1) is 0 Å². The van der Waals surface area contributed by atoms with E-state index in [-0.39, 0.29) is 40.2 Å². The summed E-state index contributed by atoms with van der Waals surface area (Å²) >= 11 is 1.07. The Morgan fingerprint density at radius 2 is 1.97 bits per heavy atom. The predicted molar refractivity (Wildman–Crippen MR) is 133 cm³/mol. The van der Waals surface area contributed by atoms with Crippen molar-refractivity contribution in [3.8, 4) is 0 Å². The van der Waals surface area contributed by atoms with E-state index in [1.54, 1.807) is 13.8 Å². The summed E-state index contributed by atoms with van der Waals surface area (Å²) in [6, 6.07) is -1.25. The number of thiazole rings is 1. The van der Waals surface area contributed by atoms with E-state index in [0.717, 1.165) is 16.2 Å². The van der Waals surface area contributed by atoms with Crippen molar-refractivity contribution in [3.63, 3.8) is 0 Å². The first-order valence-corrected chi connectivity index (χ1v) is 13.4. The molecule has 1 aromatic heterocycles. The van der Waals surface area contributed by atoms with Crippen molar-refractivity contribution in [2.24, 2.45) is 5.16 Å². The number of carbonyl (C=O) groups excluding carboxylic acids is 4. The minimum absolute atomic E-state index is 0.121. The van der Waals surface area contributed by atoms with Crippen LogP contribution >= 0.6 is 11.3 Å². The number of ether oxygens (including phenoxy) is 4. The number of hydrogen-bond donors (Lipinski definition) is 2. The van der Waals surface area contributed by atoms with Crippen molar-refractivity contribution in [2.75, 3.05) is 32.3 Å². The quantitative estimate of drug-likeness (QED) is 0.123. The van der Waals surface area contributed by atoms with Gasteiger partial charge in [-0.2, -0.15) is 0 Å². The maximum absolute atomic E-state index is 13.1. The molecule has 3 heterocycles. The van der Waals surface area contributed by atoms with Gasteiger partial charge >= 0.3 is 12.1 Å². The number of nitrogens with one attached hydrogen (secondary N) is 1. The van der Waals surface area contributed by atoms with Crippen LogP contribution in [0.3, 0.4) is 0 Å². The SMILES string of the molecule is COCC1=C(C(=O)OC(C)OC(=O)OC(C)C)N2C(=O)[C@@H](NC(=O)/C(=N\OC)c3csc(N)n3)[C@H]2S(=O)C1. The van der Waals surface area contributed by atoms with Crippen molar-refractivity contribution in [3.05, 3.63) is 22.3 Å². The van der Waals surface area contributed by atoms with Crippen LogP contribution in [-0.4, -0.2) is 94.1 Å². The second-order valence-electron chi connectivity index (χ2n) is 8.16. The first kappa shape index (κ1) is 29.0. The summed E-state index contributed by atoms with van der Waals surface area (Å²) in [5.74, 6) is -2.69. The lowest BCUT2D eigenvalue weighted by atomic mass is 10.0. The highest BCUT2D eigenvalue weighted by Crippen LogP contribution is 2.35. The van der Waals surface area contributed by atoms with Crippen LogP contribution in [0.15, 0.2) is 21.8 Å². The van der Waals surface area contributed by atoms with Gasteiger partial charge in [0.25, 0.3) is 11.8 Å². The molecule has 4 atom stereocenters. The Morgan fingerprint density at radius 3 is 2.55 bits per heavy atom. The number of oxime groups is 1. The summed E-state index contributed by atoms with van der Waals surface area (Å²) in [6.07, 6.45) is -2.86. The topological polar surface area (TPSA) is 198 Å². The molecular weight excluding hydrogens is 546 g/mol. The number of amides is 2. The first-order chi connectivity index (χ1) is 18.0. The molecule has 3 rings (SSSR count). The zero-order chi connectivity index (χ0) is 28.1. The van der Waals surface area contributed by atoms with Crippen LogP contribution in [-0.2, 0) is 49.0 Å². The second-order valence-corrected chi connectivity index (χ2v) is 10.6. The Morgan fingerprint density at radius 1 is 1.26 bits per heavy atom. The van der Waals surface area contributed by atoms with E-state index in [1.165, 1.54) is 26.5 Å². The molecule has 3 N–H and O–H groups in total. The zero-order valence-corrected chi connectivity index (χ0v) is 22.8. The Kier molecular flexibility index (Phi) is 9.40. The monoisotopic (exact) mass is 573 g/mol. The van der Waals surface area contributed by atoms with E-state index in [0.29, 0.717) is 0 Å². The third kappa shape index (κ3) is 6.28. The van der Waals surface area contributed by atoms with Gasteiger partial charge in [0.1, 0.15) is 29.9 Å². The van der Waals surface area contributed by atoms with Crippen LogP contribution in [0.25, 0.3) is 0 Å². The number of nitrogen functional groups attached to an aromatic ring is 1. The van der Waals surface area contributed by atoms with E-state index >= 15 is 0 Å². The molecule has 2 aliphatic rings. The third-order valence-corrected chi connectivity index (χ3v) is 7.36. The molecule has 0 bridgehead atoms. The normalized spacial score (nSPS) is 21.8. The standard InChI is InChI=1S/C21H27N5O10S2/c1-9(2)34-21(30)36-10(3)35-19(29)15-11(6-32-4)8-38(31)18-14(17(28)26(15)18)24-16(27)13(25-33-5)12-7-37-20(22)23-12/h7,9-10,14,18H,6,8H2,1-5H3,(H2,22,23)(H,24,27)/b25-13-/t10?,14-,18-,38?/m1/s1. The Balaban J connectivity index is 1.79. The summed E-state index contributed by atoms with van der Waals surface area (Å²) in [7, 11) is 0.872. The number of hydrogen-bond acceptors (Lipinski definition) is 14. The molecule has 17 heteroatoms. The molecule has 1 aromatic rings. The molecule has 0 aromatic carbocycles. The van der Waals surface area contributed by atoms with Crippen LogP contribution in [0.2, 0.25) is 0 Å². The number of carbonyl (C=O) groups is 4. The number of aromatic nitrogens is 1. The third-order valence-electron chi connectivity index (χ3n) is 5.03. The fourth-order valence-electron chi connectivity index (χ4n) is 3.61. The molecule has 2 amide bonds. The molecule has 2 unspecified atom stereocenters. The summed E-state index contributed by atoms with van der Waals surface area (Å²) in [6.45, 7) is 4.40. The fraction of sp³-hybridized carbons (Fsp3) is 0.524. The van der Waals surface area contributed by atoms with Crippen molar-refractivity contribution < 1.29 is 47.2 Å². The van der Waals surface area contributed by atoms with Gasteiger partial charge in [0.05, 0.1) is 29.3 Å². The number of nitrogens with zero attached hydrogens (tertiary/aromatic N) is 3. The maximum atomic E-state index is 13.1. The molecule has 0 spiro atoms. The van der Waals surface area contributed by atoms with E-state index in [4.69, 9.17) is 29.5 Å². The first-order valence-electron chi connectivity index (χ1n) is 11.1. The van der Waals surface area contributed by atoms with E-state index < -0.39 is 58.5 Å². The number of fused-ring (bicyclic) bond motifs is 1. The largest absolute Gasteiger partial charge is 0.511 e. The number of nitrogens with two attached hydrogens (primary N) is 1. The lowest BCUT2D eigenvalue weighted by Crippen LogP contribution is -2.74. The molecule has 0 radical (unpaired) electrons. The van der Waals surface area contributed by atoms with E-state index in [2.05, 4.69) is 15.5 Å². The van der Waals surface area contributed by atoms with Gasteiger partial charge in [-0.1, -0.05) is 5.16 Å². The average molecular weight is 574 g/mol. The summed E-state index contributed by atoms with van der Waals surface area (Å²) in [5.41, 5.74) is 5.53. The van der Waals surface area contributed by atoms with Gasteiger partial charge in [0.15, 0.2) is 10.8 Å². The van der Waals surface area contributed by atoms with Gasteiger partial charge in [-0.15, -0.1) is 11.3 Å². The minimum atomic E-state index is -1.72. The van der Waals surface area contributed by atoms with Crippen LogP contribution < -0.4 is 11.1 Å². The Bertz CT molecular complexity index is 1200. The summed E-state index contributed by atoms with van der Waals surface area (Å²) in [5, 5.41) is 6.72. The number of β-lactam (4-membered cyclic amide) rings is 1. The molecule has 15 nitrogen and oxygen atoms in total. The smallest absolute Gasteiger partial charge is 0.431 e. The molecule has 2 aliphatic heterocycles. The molecule has 1 saturated heterocycles. The molecule has 38 heavy (non-hydrogen) atoms. The highest BCUT2D eigenvalue weighted by Gasteiger charge is 2.57. The number of methoxy groups -OCH3 is 1. The number of esters is 1. The Hall–Kier alpha value is -3.57. The molecular formula is C21H27N5O10S2. The molecule has 0 saturated carbocycles. The maximum Gasteiger partial charge on any atom is 0.511 e. The lowest BCUT2D eigenvalue weighted by molar-refractivity contribution is -0.169. The zero-order valence-electron chi connectivity index (χ0n) is 21.1. The van der Waals surface area contributed by atoms with Crippen molar-refractivity contribution in [2.45, 2.75) is 44.6 Å². The van der Waals surface area contributed by atoms with Gasteiger partial charge < -0.3 is 34.8 Å². The summed E-state index contributed by atoms with van der Waals surface area (Å²) < 4.78 is 33.1. The van der Waals surface area contributed by atoms with Crippen molar-refractivity contribution in [1.82, 2.24) is 15.2 Å². The number of anilines is 1. The van der Waals surface area contributed by atoms with Crippen molar-refractivity contribution in [1.29, 1.82) is 0 Å². The molecule has 208 valence electrons. The van der Waals surface area contributed by atoms with Gasteiger partial charge in [-0.25, -0.2) is 14.6 Å². The summed E-state index contributed by atoms with van der Waals surface area (Å²) in [4.78, 5) is 60.5. The second kappa shape index (κ2) is 12.3. The van der Waals surface area contributed by atoms with Crippen molar-refractivity contribution >= 4 is 56.9 Å². The minimum Gasteiger partial charge on any atom is -0.431 e. The van der Waals surface area contributed by atoms with Gasteiger partial charge in [-0.3, -0.25) is 18.7 Å². The number of rotatable bonds is 10. The van der Waals surface area contributed by atoms with Gasteiger partial charge in [0, 0.05) is 19.4 Å². The van der Waals surface area contributed by atoms with Gasteiger partial charge in [-0.05, 0) is 19.4 Å². The highest BCUT2D eigenvalue weighted by molar-refractivity contribution is 7.86. The molecule has 0 aliphatic carbocycles. The van der Waals surface area contributed by atoms with Crippen LogP contribution in [0.4, 0.5) is 9.93 Å². The fourth-order valence-corrected chi connectivity index (χ4v) is 5.83. The van der Waals surface area contributed by atoms with Crippen LogP contribution in [0.1, 0.15) is 26.5 Å². The average Bonchev–Trinajstić information content (AvgIpc) is 3.25. The molecule has 1 fully saturated rings. The Labute approximate surface area is 223 Å². The highest BCUT2D eigenvalue weighted by atomic mass is 32.2. The lowest BCUT2D eigenvalue weighted by Gasteiger charge is -2.49. The van der Waals surface area contributed by atoms with Gasteiger partial charge in [0.2, 0.25) is 6.29 Å². The van der Waals surface area contributed by atoms with Crippen LogP contribution in [0.5, 0.6) is 0 Å².